The zero-order valence-electron chi connectivity index (χ0n) is 11.6. The van der Waals surface area contributed by atoms with Crippen LogP contribution >= 0.6 is 0 Å². The van der Waals surface area contributed by atoms with E-state index in [1.807, 2.05) is 0 Å². The van der Waals surface area contributed by atoms with Crippen LogP contribution in [-0.2, 0) is 4.79 Å². The van der Waals surface area contributed by atoms with Crippen LogP contribution in [0.1, 0.15) is 36.2 Å². The van der Waals surface area contributed by atoms with Gasteiger partial charge in [0.1, 0.15) is 0 Å². The lowest BCUT2D eigenvalue weighted by atomic mass is 10.1. The molecule has 1 aliphatic carbocycles. The quantitative estimate of drug-likeness (QED) is 0.804. The number of aromatic nitrogens is 1. The van der Waals surface area contributed by atoms with Gasteiger partial charge in [-0.15, -0.1) is 0 Å². The molecular weight excluding hydrogens is 256 g/mol. The molecule has 1 aromatic heterocycles. The van der Waals surface area contributed by atoms with Crippen molar-refractivity contribution in [3.05, 3.63) is 35.7 Å². The summed E-state index contributed by atoms with van der Waals surface area (Å²) >= 11 is 0. The van der Waals surface area contributed by atoms with Gasteiger partial charge in [-0.3, -0.25) is 9.78 Å². The Bertz CT molecular complexity index is 564. The highest BCUT2D eigenvalue weighted by molar-refractivity contribution is 5.98. The van der Waals surface area contributed by atoms with Crippen molar-refractivity contribution in [1.82, 2.24) is 10.3 Å². The normalized spacial score (nSPS) is 19.8. The number of aliphatic carboxylic acids is 1. The fourth-order valence-electron chi connectivity index (χ4n) is 2.14. The number of carbonyl (C=O) groups excluding carboxylic acids is 1. The monoisotopic (exact) mass is 274 g/mol. The third kappa shape index (κ3) is 3.44. The second-order valence-corrected chi connectivity index (χ2v) is 5.73. The van der Waals surface area contributed by atoms with E-state index in [1.54, 1.807) is 6.07 Å². The van der Waals surface area contributed by atoms with Gasteiger partial charge in [0.2, 0.25) is 0 Å². The minimum atomic E-state index is -1.06. The highest BCUT2D eigenvalue weighted by Crippen LogP contribution is 2.50. The van der Waals surface area contributed by atoms with Gasteiger partial charge in [-0.25, -0.2) is 4.79 Å². The molecule has 5 nitrogen and oxygen atoms in total. The summed E-state index contributed by atoms with van der Waals surface area (Å²) in [6, 6.07) is 1.59. The van der Waals surface area contributed by atoms with Crippen LogP contribution in [0, 0.1) is 11.3 Å². The van der Waals surface area contributed by atoms with Gasteiger partial charge in [0.15, 0.2) is 0 Å². The fraction of sp³-hybridized carbons (Fsp3) is 0.400. The summed E-state index contributed by atoms with van der Waals surface area (Å²) in [5.74, 6) is -0.730. The molecule has 1 saturated carbocycles. The molecule has 106 valence electrons. The molecule has 1 unspecified atom stereocenters. The summed E-state index contributed by atoms with van der Waals surface area (Å²) in [7, 11) is 0. The standard InChI is InChI=1S/C15H18N2O3/c1-15(2)7-11(15)9-17-14(20)12-5-6-16-8-10(12)3-4-13(18)19/h3-6,8,11H,7,9H2,1-2H3,(H,17,20)(H,18,19)/b4-3+. The van der Waals surface area contributed by atoms with Gasteiger partial charge in [-0.2, -0.15) is 0 Å². The van der Waals surface area contributed by atoms with E-state index in [0.717, 1.165) is 12.5 Å². The third-order valence-electron chi connectivity index (χ3n) is 3.73. The largest absolute Gasteiger partial charge is 0.478 e. The Morgan fingerprint density at radius 3 is 2.85 bits per heavy atom. The van der Waals surface area contributed by atoms with E-state index in [0.29, 0.717) is 29.0 Å². The lowest BCUT2D eigenvalue weighted by Crippen LogP contribution is -2.27. The van der Waals surface area contributed by atoms with Crippen molar-refractivity contribution in [2.45, 2.75) is 20.3 Å². The summed E-state index contributed by atoms with van der Waals surface area (Å²) in [4.78, 5) is 26.6. The van der Waals surface area contributed by atoms with Crippen LogP contribution in [0.4, 0.5) is 0 Å². The van der Waals surface area contributed by atoms with Gasteiger partial charge in [0.25, 0.3) is 5.91 Å². The molecule has 0 bridgehead atoms. The highest BCUT2D eigenvalue weighted by Gasteiger charge is 2.45. The minimum absolute atomic E-state index is 0.194. The summed E-state index contributed by atoms with van der Waals surface area (Å²) < 4.78 is 0. The molecule has 1 fully saturated rings. The molecule has 1 amide bonds. The summed E-state index contributed by atoms with van der Waals surface area (Å²) in [6.45, 7) is 5.00. The maximum Gasteiger partial charge on any atom is 0.328 e. The first-order valence-electron chi connectivity index (χ1n) is 6.53. The second-order valence-electron chi connectivity index (χ2n) is 5.73. The number of carboxylic acids is 1. The van der Waals surface area contributed by atoms with Gasteiger partial charge in [0.05, 0.1) is 0 Å². The minimum Gasteiger partial charge on any atom is -0.478 e. The van der Waals surface area contributed by atoms with E-state index in [9.17, 15) is 9.59 Å². The van der Waals surface area contributed by atoms with Gasteiger partial charge in [-0.05, 0) is 29.9 Å². The van der Waals surface area contributed by atoms with Crippen LogP contribution < -0.4 is 5.32 Å². The number of carbonyl (C=O) groups is 2. The van der Waals surface area contributed by atoms with Crippen molar-refractivity contribution in [2.75, 3.05) is 6.54 Å². The van der Waals surface area contributed by atoms with Crippen LogP contribution in [-0.4, -0.2) is 28.5 Å². The molecule has 0 saturated heterocycles. The second kappa shape index (κ2) is 5.45. The molecule has 1 atom stereocenters. The zero-order valence-corrected chi connectivity index (χ0v) is 11.6. The SMILES string of the molecule is CC1(C)CC1CNC(=O)c1ccncc1/C=C/C(=O)O. The van der Waals surface area contributed by atoms with Crippen LogP contribution in [0.5, 0.6) is 0 Å². The van der Waals surface area contributed by atoms with E-state index in [-0.39, 0.29) is 5.91 Å². The Hall–Kier alpha value is -2.17. The molecule has 5 heteroatoms. The Labute approximate surface area is 117 Å². The van der Waals surface area contributed by atoms with Crippen molar-refractivity contribution < 1.29 is 14.7 Å². The summed E-state index contributed by atoms with van der Waals surface area (Å²) in [6.07, 6.45) is 6.50. The van der Waals surface area contributed by atoms with Gasteiger partial charge in [0, 0.05) is 36.1 Å². The predicted molar refractivity (Wildman–Crippen MR) is 75.1 cm³/mol. The molecule has 1 heterocycles. The average Bonchev–Trinajstić information content (AvgIpc) is 3.01. The summed E-state index contributed by atoms with van der Waals surface area (Å²) in [5, 5.41) is 11.5. The third-order valence-corrected chi connectivity index (χ3v) is 3.73. The molecule has 1 aromatic rings. The molecule has 20 heavy (non-hydrogen) atoms. The van der Waals surface area contributed by atoms with E-state index in [1.165, 1.54) is 18.5 Å². The smallest absolute Gasteiger partial charge is 0.328 e. The van der Waals surface area contributed by atoms with Crippen LogP contribution in [0.2, 0.25) is 0 Å². The summed E-state index contributed by atoms with van der Waals surface area (Å²) in [5.41, 5.74) is 1.26. The first-order chi connectivity index (χ1) is 9.40. The van der Waals surface area contributed by atoms with Crippen molar-refractivity contribution >= 4 is 18.0 Å². The van der Waals surface area contributed by atoms with Crippen LogP contribution in [0.15, 0.2) is 24.5 Å². The van der Waals surface area contributed by atoms with Crippen molar-refractivity contribution in [3.8, 4) is 0 Å². The van der Waals surface area contributed by atoms with Crippen molar-refractivity contribution in [3.63, 3.8) is 0 Å². The van der Waals surface area contributed by atoms with Gasteiger partial charge < -0.3 is 10.4 Å². The number of nitrogens with one attached hydrogen (secondary N) is 1. The lowest BCUT2D eigenvalue weighted by Gasteiger charge is -2.08. The number of rotatable bonds is 5. The number of nitrogens with zero attached hydrogens (tertiary/aromatic N) is 1. The Kier molecular flexibility index (Phi) is 3.88. The number of hydrogen-bond acceptors (Lipinski definition) is 3. The molecule has 0 radical (unpaired) electrons. The van der Waals surface area contributed by atoms with Gasteiger partial charge in [-0.1, -0.05) is 13.8 Å². The number of pyridine rings is 1. The Morgan fingerprint density at radius 2 is 2.25 bits per heavy atom. The van der Waals surface area contributed by atoms with E-state index in [2.05, 4.69) is 24.1 Å². The molecule has 2 rings (SSSR count). The average molecular weight is 274 g/mol. The molecule has 0 aliphatic heterocycles. The number of carboxylic acid groups (broad SMARTS) is 1. The zero-order chi connectivity index (χ0) is 14.8. The molecule has 2 N–H and O–H groups in total. The lowest BCUT2D eigenvalue weighted by molar-refractivity contribution is -0.131. The number of amides is 1. The van der Waals surface area contributed by atoms with E-state index < -0.39 is 5.97 Å². The van der Waals surface area contributed by atoms with Crippen molar-refractivity contribution in [1.29, 1.82) is 0 Å². The van der Waals surface area contributed by atoms with Crippen LogP contribution in [0.3, 0.4) is 0 Å². The predicted octanol–water partition coefficient (Wildman–Crippen LogP) is 1.96. The van der Waals surface area contributed by atoms with E-state index >= 15 is 0 Å². The maximum atomic E-state index is 12.1. The Balaban J connectivity index is 2.04. The topological polar surface area (TPSA) is 79.3 Å². The first kappa shape index (κ1) is 14.2. The van der Waals surface area contributed by atoms with Crippen LogP contribution in [0.25, 0.3) is 6.08 Å². The number of hydrogen-bond donors (Lipinski definition) is 2. The Morgan fingerprint density at radius 1 is 1.55 bits per heavy atom. The highest BCUT2D eigenvalue weighted by atomic mass is 16.4. The molecule has 0 aromatic carbocycles. The van der Waals surface area contributed by atoms with Crippen molar-refractivity contribution in [2.24, 2.45) is 11.3 Å². The first-order valence-corrected chi connectivity index (χ1v) is 6.53. The maximum absolute atomic E-state index is 12.1. The van der Waals surface area contributed by atoms with E-state index in [4.69, 9.17) is 5.11 Å². The molecule has 1 aliphatic rings. The molecule has 0 spiro atoms. The molecular formula is C15H18N2O3. The van der Waals surface area contributed by atoms with Gasteiger partial charge >= 0.3 is 5.97 Å². The fourth-order valence-corrected chi connectivity index (χ4v) is 2.14.